The molecule has 1 amide bonds. The summed E-state index contributed by atoms with van der Waals surface area (Å²) in [5, 5.41) is 0. The average molecular weight is 461 g/mol. The average Bonchev–Trinajstić information content (AvgIpc) is 3.04. The lowest BCUT2D eigenvalue weighted by Gasteiger charge is -2.26. The highest BCUT2D eigenvalue weighted by molar-refractivity contribution is 5.72. The number of ether oxygens (including phenoxy) is 3. The van der Waals surface area contributed by atoms with Gasteiger partial charge in [-0.05, 0) is 62.4 Å². The van der Waals surface area contributed by atoms with Gasteiger partial charge in [-0.3, -0.25) is 4.98 Å². The van der Waals surface area contributed by atoms with Crippen molar-refractivity contribution in [3.05, 3.63) is 77.6 Å². The number of pyridine rings is 1. The maximum absolute atomic E-state index is 12.6. The molecule has 178 valence electrons. The minimum atomic E-state index is -0.493. The number of amides is 1. The van der Waals surface area contributed by atoms with Crippen molar-refractivity contribution in [2.75, 3.05) is 20.2 Å². The van der Waals surface area contributed by atoms with Crippen LogP contribution in [0.5, 0.6) is 11.5 Å². The van der Waals surface area contributed by atoms with Crippen LogP contribution in [-0.2, 0) is 24.2 Å². The molecule has 1 aromatic heterocycles. The SMILES string of the molecule is COc1ccnc(COc2ccccc2-c2ccc3c(c2)CCN(C(=O)OC(C)(C)C)CC3)c1. The smallest absolute Gasteiger partial charge is 0.410 e. The quantitative estimate of drug-likeness (QED) is 0.491. The number of benzene rings is 2. The number of carbonyl (C=O) groups is 1. The number of aromatic nitrogens is 1. The molecular formula is C28H32N2O4. The summed E-state index contributed by atoms with van der Waals surface area (Å²) in [5.74, 6) is 1.56. The molecular weight excluding hydrogens is 428 g/mol. The minimum Gasteiger partial charge on any atom is -0.497 e. The van der Waals surface area contributed by atoms with Crippen molar-refractivity contribution in [1.29, 1.82) is 0 Å². The van der Waals surface area contributed by atoms with Gasteiger partial charge < -0.3 is 19.1 Å². The number of fused-ring (bicyclic) bond motifs is 1. The van der Waals surface area contributed by atoms with Gasteiger partial charge in [-0.25, -0.2) is 4.79 Å². The van der Waals surface area contributed by atoms with Crippen LogP contribution < -0.4 is 9.47 Å². The first kappa shape index (κ1) is 23.6. The number of nitrogens with zero attached hydrogens (tertiary/aromatic N) is 2. The van der Waals surface area contributed by atoms with Gasteiger partial charge in [0.1, 0.15) is 23.7 Å². The van der Waals surface area contributed by atoms with E-state index >= 15 is 0 Å². The highest BCUT2D eigenvalue weighted by atomic mass is 16.6. The molecule has 2 heterocycles. The fourth-order valence-electron chi connectivity index (χ4n) is 4.05. The number of hydrogen-bond acceptors (Lipinski definition) is 5. The predicted octanol–water partition coefficient (Wildman–Crippen LogP) is 5.67. The molecule has 0 saturated carbocycles. The molecule has 0 atom stereocenters. The Balaban J connectivity index is 1.50. The van der Waals surface area contributed by atoms with Gasteiger partial charge in [-0.1, -0.05) is 36.4 Å². The van der Waals surface area contributed by atoms with Crippen molar-refractivity contribution in [2.24, 2.45) is 0 Å². The zero-order valence-electron chi connectivity index (χ0n) is 20.3. The summed E-state index contributed by atoms with van der Waals surface area (Å²) in [5.41, 5.74) is 4.97. The molecule has 0 bridgehead atoms. The molecule has 3 aromatic rings. The zero-order valence-corrected chi connectivity index (χ0v) is 20.3. The van der Waals surface area contributed by atoms with E-state index in [1.807, 2.05) is 56.0 Å². The van der Waals surface area contributed by atoms with E-state index in [9.17, 15) is 4.79 Å². The van der Waals surface area contributed by atoms with E-state index in [1.54, 1.807) is 13.3 Å². The van der Waals surface area contributed by atoms with Crippen LogP contribution in [0.15, 0.2) is 60.8 Å². The van der Waals surface area contributed by atoms with Gasteiger partial charge in [-0.15, -0.1) is 0 Å². The highest BCUT2D eigenvalue weighted by Crippen LogP contribution is 2.32. The molecule has 6 nitrogen and oxygen atoms in total. The number of rotatable bonds is 5. The third kappa shape index (κ3) is 5.87. The fourth-order valence-corrected chi connectivity index (χ4v) is 4.05. The van der Waals surface area contributed by atoms with Crippen LogP contribution in [0.25, 0.3) is 11.1 Å². The van der Waals surface area contributed by atoms with E-state index in [0.717, 1.165) is 41.2 Å². The second-order valence-corrected chi connectivity index (χ2v) is 9.42. The first-order chi connectivity index (χ1) is 16.3. The fraction of sp³-hybridized carbons (Fsp3) is 0.357. The molecule has 4 rings (SSSR count). The van der Waals surface area contributed by atoms with Crippen LogP contribution in [0.2, 0.25) is 0 Å². The second kappa shape index (κ2) is 10.2. The van der Waals surface area contributed by atoms with Gasteiger partial charge in [0.25, 0.3) is 0 Å². The lowest BCUT2D eigenvalue weighted by atomic mass is 9.96. The van der Waals surface area contributed by atoms with Gasteiger partial charge in [0, 0.05) is 30.9 Å². The van der Waals surface area contributed by atoms with Crippen molar-refractivity contribution < 1.29 is 19.0 Å². The first-order valence-corrected chi connectivity index (χ1v) is 11.6. The number of hydrogen-bond donors (Lipinski definition) is 0. The van der Waals surface area contributed by atoms with E-state index < -0.39 is 5.60 Å². The van der Waals surface area contributed by atoms with Crippen LogP contribution in [0, 0.1) is 0 Å². The van der Waals surface area contributed by atoms with Crippen LogP contribution in [0.4, 0.5) is 4.79 Å². The molecule has 0 spiro atoms. The third-order valence-electron chi connectivity index (χ3n) is 5.76. The molecule has 2 aromatic carbocycles. The molecule has 1 aliphatic heterocycles. The van der Waals surface area contributed by atoms with Crippen LogP contribution in [0.3, 0.4) is 0 Å². The van der Waals surface area contributed by atoms with E-state index in [2.05, 4.69) is 29.2 Å². The zero-order chi connectivity index (χ0) is 24.1. The molecule has 0 unspecified atom stereocenters. The van der Waals surface area contributed by atoms with Crippen molar-refractivity contribution in [3.8, 4) is 22.6 Å². The molecule has 34 heavy (non-hydrogen) atoms. The largest absolute Gasteiger partial charge is 0.497 e. The standard InChI is InChI=1S/C28H32N2O4/c1-28(2,3)34-27(31)30-15-12-20-9-10-22(17-21(20)13-16-30)25-7-5-6-8-26(25)33-19-23-18-24(32-4)11-14-29-23/h5-11,14,17-18H,12-13,15-16,19H2,1-4H3. The van der Waals surface area contributed by atoms with Crippen molar-refractivity contribution in [3.63, 3.8) is 0 Å². The molecule has 0 aliphatic carbocycles. The number of carbonyl (C=O) groups excluding carboxylic acids is 1. The Morgan fingerprint density at radius 3 is 2.53 bits per heavy atom. The Morgan fingerprint density at radius 2 is 1.76 bits per heavy atom. The summed E-state index contributed by atoms with van der Waals surface area (Å²) in [6, 6.07) is 18.3. The van der Waals surface area contributed by atoms with Gasteiger partial charge in [-0.2, -0.15) is 0 Å². The molecule has 1 aliphatic rings. The Labute approximate surface area is 201 Å². The van der Waals surface area contributed by atoms with E-state index in [4.69, 9.17) is 14.2 Å². The molecule has 0 saturated heterocycles. The maximum Gasteiger partial charge on any atom is 0.410 e. The van der Waals surface area contributed by atoms with Crippen molar-refractivity contribution >= 4 is 6.09 Å². The topological polar surface area (TPSA) is 60.9 Å². The Hall–Kier alpha value is -3.54. The lowest BCUT2D eigenvalue weighted by Crippen LogP contribution is -2.38. The van der Waals surface area contributed by atoms with Gasteiger partial charge in [0.15, 0.2) is 0 Å². The molecule has 0 radical (unpaired) electrons. The van der Waals surface area contributed by atoms with Gasteiger partial charge in [0.05, 0.1) is 12.8 Å². The summed E-state index contributed by atoms with van der Waals surface area (Å²) in [6.45, 7) is 7.35. The van der Waals surface area contributed by atoms with E-state index in [1.165, 1.54) is 11.1 Å². The van der Waals surface area contributed by atoms with Crippen LogP contribution in [0.1, 0.15) is 37.6 Å². The highest BCUT2D eigenvalue weighted by Gasteiger charge is 2.24. The van der Waals surface area contributed by atoms with Crippen LogP contribution in [-0.4, -0.2) is 41.8 Å². The summed E-state index contributed by atoms with van der Waals surface area (Å²) in [4.78, 5) is 18.7. The Morgan fingerprint density at radius 1 is 1.00 bits per heavy atom. The molecule has 0 N–H and O–H groups in total. The van der Waals surface area contributed by atoms with Crippen molar-refractivity contribution in [2.45, 2.75) is 45.8 Å². The summed E-state index contributed by atoms with van der Waals surface area (Å²) in [6.07, 6.45) is 3.08. The van der Waals surface area contributed by atoms with Gasteiger partial charge in [0.2, 0.25) is 0 Å². The van der Waals surface area contributed by atoms with Crippen molar-refractivity contribution in [1.82, 2.24) is 9.88 Å². The maximum atomic E-state index is 12.6. The number of methoxy groups -OCH3 is 1. The normalized spacial score (nSPS) is 13.6. The third-order valence-corrected chi connectivity index (χ3v) is 5.76. The predicted molar refractivity (Wildman–Crippen MR) is 132 cm³/mol. The molecule has 6 heteroatoms. The van der Waals surface area contributed by atoms with Gasteiger partial charge >= 0.3 is 6.09 Å². The summed E-state index contributed by atoms with van der Waals surface area (Å²) < 4.78 is 17.0. The van der Waals surface area contributed by atoms with E-state index in [0.29, 0.717) is 19.7 Å². The summed E-state index contributed by atoms with van der Waals surface area (Å²) >= 11 is 0. The Kier molecular flexibility index (Phi) is 7.06. The number of para-hydroxylation sites is 1. The molecule has 0 fully saturated rings. The first-order valence-electron chi connectivity index (χ1n) is 11.6. The van der Waals surface area contributed by atoms with Crippen LogP contribution >= 0.6 is 0 Å². The second-order valence-electron chi connectivity index (χ2n) is 9.42. The minimum absolute atomic E-state index is 0.245. The Bertz CT molecular complexity index is 1150. The monoisotopic (exact) mass is 460 g/mol. The lowest BCUT2D eigenvalue weighted by molar-refractivity contribution is 0.0258. The van der Waals surface area contributed by atoms with E-state index in [-0.39, 0.29) is 6.09 Å². The summed E-state index contributed by atoms with van der Waals surface area (Å²) in [7, 11) is 1.64.